The molecule has 2 aliphatic rings. The van der Waals surface area contributed by atoms with Crippen molar-refractivity contribution in [2.75, 3.05) is 39.3 Å². The Kier molecular flexibility index (Phi) is 7.34. The van der Waals surface area contributed by atoms with Crippen molar-refractivity contribution in [2.24, 2.45) is 5.92 Å². The summed E-state index contributed by atoms with van der Waals surface area (Å²) in [6, 6.07) is 13.9. The quantitative estimate of drug-likeness (QED) is 0.358. The molecule has 1 N–H and O–H groups in total. The number of thioether (sulfide) groups is 1. The highest BCUT2D eigenvalue weighted by Gasteiger charge is 2.23. The molecule has 0 spiro atoms. The maximum absolute atomic E-state index is 12.4. The van der Waals surface area contributed by atoms with Crippen LogP contribution in [0.2, 0.25) is 0 Å². The molecule has 1 aromatic heterocycles. The van der Waals surface area contributed by atoms with Crippen molar-refractivity contribution in [1.29, 1.82) is 0 Å². The summed E-state index contributed by atoms with van der Waals surface area (Å²) in [6.07, 6.45) is 4.64. The van der Waals surface area contributed by atoms with Crippen LogP contribution in [0.1, 0.15) is 12.0 Å². The summed E-state index contributed by atoms with van der Waals surface area (Å²) in [5.41, 5.74) is 3.16. The van der Waals surface area contributed by atoms with Gasteiger partial charge in [-0.15, -0.1) is 0 Å². The van der Waals surface area contributed by atoms with Gasteiger partial charge in [0.1, 0.15) is 5.75 Å². The molecule has 2 aliphatic heterocycles. The van der Waals surface area contributed by atoms with Crippen LogP contribution in [-0.4, -0.2) is 60.1 Å². The lowest BCUT2D eigenvalue weighted by Crippen LogP contribution is -2.32. The van der Waals surface area contributed by atoms with Crippen molar-refractivity contribution < 1.29 is 19.0 Å². The molecule has 182 valence electrons. The summed E-state index contributed by atoms with van der Waals surface area (Å²) in [6.45, 7) is 3.86. The number of fused-ring (bicyclic) bond motifs is 1. The molecule has 3 aromatic rings. The molecule has 0 aliphatic carbocycles. The zero-order valence-corrected chi connectivity index (χ0v) is 20.4. The Morgan fingerprint density at radius 3 is 2.71 bits per heavy atom. The minimum absolute atomic E-state index is 0.00653. The predicted octanol–water partition coefficient (Wildman–Crippen LogP) is 3.61. The predicted molar refractivity (Wildman–Crippen MR) is 134 cm³/mol. The maximum atomic E-state index is 12.4. The Morgan fingerprint density at radius 2 is 1.91 bits per heavy atom. The number of carbonyl (C=O) groups excluding carboxylic acids is 1. The first kappa shape index (κ1) is 23.4. The zero-order valence-electron chi connectivity index (χ0n) is 19.6. The van der Waals surface area contributed by atoms with Crippen molar-refractivity contribution in [3.05, 3.63) is 60.4 Å². The van der Waals surface area contributed by atoms with E-state index in [1.54, 1.807) is 19.5 Å². The van der Waals surface area contributed by atoms with Crippen molar-refractivity contribution >= 4 is 17.7 Å². The smallest absolute Gasteiger partial charge is 0.231 e. The van der Waals surface area contributed by atoms with Gasteiger partial charge >= 0.3 is 0 Å². The number of ether oxygens (including phenoxy) is 3. The Bertz CT molecular complexity index is 1160. The monoisotopic (exact) mass is 492 g/mol. The average molecular weight is 493 g/mol. The minimum atomic E-state index is 0.00653. The number of nitrogens with one attached hydrogen (secondary N) is 1. The van der Waals surface area contributed by atoms with E-state index in [1.165, 1.54) is 17.3 Å². The fourth-order valence-corrected chi connectivity index (χ4v) is 4.90. The number of nitrogens with zero attached hydrogens (tertiary/aromatic N) is 3. The second kappa shape index (κ2) is 11.0. The van der Waals surface area contributed by atoms with E-state index in [1.807, 2.05) is 30.3 Å². The molecule has 3 heterocycles. The third-order valence-corrected chi connectivity index (χ3v) is 7.06. The highest BCUT2D eigenvalue weighted by molar-refractivity contribution is 7.99. The second-order valence-electron chi connectivity index (χ2n) is 8.65. The van der Waals surface area contributed by atoms with E-state index in [-0.39, 0.29) is 5.91 Å². The fourth-order valence-electron chi connectivity index (χ4n) is 4.28. The number of hydrogen-bond donors (Lipinski definition) is 1. The molecule has 1 fully saturated rings. The van der Waals surface area contributed by atoms with Crippen LogP contribution < -0.4 is 19.5 Å². The van der Waals surface area contributed by atoms with Crippen molar-refractivity contribution in [3.8, 4) is 28.4 Å². The number of carbonyl (C=O) groups is 1. The lowest BCUT2D eigenvalue weighted by atomic mass is 10.1. The fraction of sp³-hybridized carbons (Fsp3) is 0.346. The summed E-state index contributed by atoms with van der Waals surface area (Å²) in [5, 5.41) is 3.66. The van der Waals surface area contributed by atoms with E-state index in [0.717, 1.165) is 54.4 Å². The van der Waals surface area contributed by atoms with Gasteiger partial charge in [-0.1, -0.05) is 30.0 Å². The molecule has 2 aromatic carbocycles. The molecule has 0 saturated carbocycles. The van der Waals surface area contributed by atoms with Gasteiger partial charge in [0.05, 0.1) is 12.9 Å². The number of likely N-dealkylation sites (tertiary alicyclic amines) is 1. The van der Waals surface area contributed by atoms with Gasteiger partial charge in [0, 0.05) is 37.6 Å². The molecule has 8 nitrogen and oxygen atoms in total. The molecule has 1 atom stereocenters. The van der Waals surface area contributed by atoms with Gasteiger partial charge in [-0.25, -0.2) is 9.97 Å². The maximum Gasteiger partial charge on any atom is 0.231 e. The Morgan fingerprint density at radius 1 is 1.11 bits per heavy atom. The average Bonchev–Trinajstić information content (AvgIpc) is 3.56. The summed E-state index contributed by atoms with van der Waals surface area (Å²) in [4.78, 5) is 23.6. The topological polar surface area (TPSA) is 85.8 Å². The highest BCUT2D eigenvalue weighted by atomic mass is 32.2. The van der Waals surface area contributed by atoms with Crippen LogP contribution in [0.25, 0.3) is 11.1 Å². The summed E-state index contributed by atoms with van der Waals surface area (Å²) in [7, 11) is 1.64. The molecule has 1 saturated heterocycles. The Hall–Kier alpha value is -3.30. The van der Waals surface area contributed by atoms with Gasteiger partial charge < -0.3 is 19.5 Å². The molecule has 0 bridgehead atoms. The van der Waals surface area contributed by atoms with Crippen molar-refractivity contribution in [2.45, 2.75) is 18.1 Å². The number of hydrogen-bond acceptors (Lipinski definition) is 8. The highest BCUT2D eigenvalue weighted by Crippen LogP contribution is 2.33. The number of rotatable bonds is 9. The van der Waals surface area contributed by atoms with Crippen LogP contribution in [0.3, 0.4) is 0 Å². The molecule has 1 amide bonds. The van der Waals surface area contributed by atoms with Gasteiger partial charge in [-0.2, -0.15) is 0 Å². The van der Waals surface area contributed by atoms with Gasteiger partial charge in [-0.05, 0) is 54.3 Å². The molecular formula is C26H28N4O4S. The van der Waals surface area contributed by atoms with E-state index in [2.05, 4.69) is 32.3 Å². The lowest BCUT2D eigenvalue weighted by Gasteiger charge is -2.16. The lowest BCUT2D eigenvalue weighted by molar-refractivity contribution is -0.118. The summed E-state index contributed by atoms with van der Waals surface area (Å²) < 4.78 is 16.0. The third-order valence-electron chi connectivity index (χ3n) is 6.18. The Labute approximate surface area is 209 Å². The van der Waals surface area contributed by atoms with Crippen LogP contribution in [0.4, 0.5) is 0 Å². The third kappa shape index (κ3) is 6.04. The molecule has 5 rings (SSSR count). The number of benzene rings is 2. The number of aromatic nitrogens is 2. The van der Waals surface area contributed by atoms with Crippen LogP contribution in [0, 0.1) is 5.92 Å². The largest absolute Gasteiger partial charge is 0.497 e. The molecule has 0 radical (unpaired) electrons. The van der Waals surface area contributed by atoms with Gasteiger partial charge in [0.25, 0.3) is 0 Å². The van der Waals surface area contributed by atoms with Gasteiger partial charge in [-0.3, -0.25) is 9.69 Å². The first-order valence-corrected chi connectivity index (χ1v) is 12.6. The summed E-state index contributed by atoms with van der Waals surface area (Å²) >= 11 is 1.35. The number of amides is 1. The van der Waals surface area contributed by atoms with Crippen LogP contribution >= 0.6 is 11.8 Å². The molecular weight excluding hydrogens is 464 g/mol. The van der Waals surface area contributed by atoms with E-state index < -0.39 is 0 Å². The van der Waals surface area contributed by atoms with Crippen LogP contribution in [0.5, 0.6) is 17.2 Å². The standard InChI is InChI=1S/C26H28N4O4S/c1-32-22-5-3-20(4-6-22)21-12-28-26(29-13-21)35-16-25(31)27-11-19-8-9-30(15-19)14-18-2-7-23-24(10-18)34-17-33-23/h2-7,10,12-13,19H,8-9,11,14-17H2,1H3,(H,27,31). The van der Waals surface area contributed by atoms with Crippen molar-refractivity contribution in [1.82, 2.24) is 20.2 Å². The number of methoxy groups -OCH3 is 1. The summed E-state index contributed by atoms with van der Waals surface area (Å²) in [5.74, 6) is 3.21. The Balaban J connectivity index is 1.03. The molecule has 35 heavy (non-hydrogen) atoms. The van der Waals surface area contributed by atoms with Crippen molar-refractivity contribution in [3.63, 3.8) is 0 Å². The SMILES string of the molecule is COc1ccc(-c2cnc(SCC(=O)NCC3CCN(Cc4ccc5c(c4)OCO5)C3)nc2)cc1. The normalized spacial score (nSPS) is 16.9. The van der Waals surface area contributed by atoms with E-state index >= 15 is 0 Å². The molecule has 1 unspecified atom stereocenters. The van der Waals surface area contributed by atoms with Crippen LogP contribution in [0.15, 0.2) is 60.0 Å². The van der Waals surface area contributed by atoms with E-state index in [4.69, 9.17) is 14.2 Å². The molecule has 9 heteroatoms. The van der Waals surface area contributed by atoms with E-state index in [0.29, 0.717) is 30.2 Å². The second-order valence-corrected chi connectivity index (χ2v) is 9.60. The van der Waals surface area contributed by atoms with Crippen LogP contribution in [-0.2, 0) is 11.3 Å². The van der Waals surface area contributed by atoms with Gasteiger partial charge in [0.15, 0.2) is 16.7 Å². The van der Waals surface area contributed by atoms with Gasteiger partial charge in [0.2, 0.25) is 12.7 Å². The minimum Gasteiger partial charge on any atom is -0.497 e. The first-order chi connectivity index (χ1) is 17.2. The first-order valence-electron chi connectivity index (χ1n) is 11.6. The van der Waals surface area contributed by atoms with E-state index in [9.17, 15) is 4.79 Å². The zero-order chi connectivity index (χ0) is 24.0.